The van der Waals surface area contributed by atoms with E-state index in [0.29, 0.717) is 5.56 Å². The minimum absolute atomic E-state index is 0.0993. The molecule has 1 atom stereocenters. The van der Waals surface area contributed by atoms with E-state index in [0.717, 1.165) is 44.2 Å². The summed E-state index contributed by atoms with van der Waals surface area (Å²) in [5.41, 5.74) is -0.299. The van der Waals surface area contributed by atoms with Crippen LogP contribution in [0.3, 0.4) is 0 Å². The molecule has 1 saturated carbocycles. The molecule has 4 heteroatoms. The van der Waals surface area contributed by atoms with Crippen LogP contribution in [0.15, 0.2) is 24.3 Å². The molecule has 0 aromatic heterocycles. The third kappa shape index (κ3) is 3.05. The predicted molar refractivity (Wildman–Crippen MR) is 63.0 cm³/mol. The Morgan fingerprint density at radius 2 is 1.78 bits per heavy atom. The van der Waals surface area contributed by atoms with Gasteiger partial charge in [-0.2, -0.15) is 13.2 Å². The van der Waals surface area contributed by atoms with Crippen molar-refractivity contribution in [1.29, 1.82) is 0 Å². The number of aliphatic hydroxyl groups excluding tert-OH is 1. The van der Waals surface area contributed by atoms with Gasteiger partial charge < -0.3 is 5.11 Å². The number of rotatable bonds is 2. The predicted octanol–water partition coefficient (Wildman–Crippen LogP) is 4.32. The fraction of sp³-hybridized carbons (Fsp3) is 0.571. The third-order valence-electron chi connectivity index (χ3n) is 3.65. The topological polar surface area (TPSA) is 20.2 Å². The monoisotopic (exact) mass is 258 g/mol. The lowest BCUT2D eigenvalue weighted by atomic mass is 9.82. The first kappa shape index (κ1) is 13.4. The molecule has 1 aliphatic carbocycles. The van der Waals surface area contributed by atoms with Crippen LogP contribution in [0.25, 0.3) is 0 Å². The van der Waals surface area contributed by atoms with Gasteiger partial charge in [0.1, 0.15) is 0 Å². The van der Waals surface area contributed by atoms with E-state index in [4.69, 9.17) is 0 Å². The first-order valence-corrected chi connectivity index (χ1v) is 6.34. The molecule has 0 amide bonds. The summed E-state index contributed by atoms with van der Waals surface area (Å²) in [6, 6.07) is 5.05. The fourth-order valence-electron chi connectivity index (χ4n) is 2.62. The molecule has 1 N–H and O–H groups in total. The van der Waals surface area contributed by atoms with E-state index in [1.807, 2.05) is 0 Å². The minimum Gasteiger partial charge on any atom is -0.388 e. The van der Waals surface area contributed by atoms with E-state index in [2.05, 4.69) is 0 Å². The number of hydrogen-bond acceptors (Lipinski definition) is 1. The lowest BCUT2D eigenvalue weighted by Gasteiger charge is -2.27. The highest BCUT2D eigenvalue weighted by molar-refractivity contribution is 5.27. The van der Waals surface area contributed by atoms with Crippen molar-refractivity contribution < 1.29 is 18.3 Å². The summed E-state index contributed by atoms with van der Waals surface area (Å²) in [4.78, 5) is 0. The highest BCUT2D eigenvalue weighted by Gasteiger charge is 2.31. The molecule has 1 aromatic rings. The maximum Gasteiger partial charge on any atom is 0.416 e. The van der Waals surface area contributed by atoms with Crippen molar-refractivity contribution in [2.24, 2.45) is 5.92 Å². The first-order chi connectivity index (χ1) is 8.48. The minimum atomic E-state index is -4.34. The van der Waals surface area contributed by atoms with Crippen molar-refractivity contribution in [3.05, 3.63) is 35.4 Å². The summed E-state index contributed by atoms with van der Waals surface area (Å²) in [6.07, 6.45) is -0.0442. The van der Waals surface area contributed by atoms with E-state index in [1.165, 1.54) is 6.07 Å². The lowest BCUT2D eigenvalue weighted by molar-refractivity contribution is -0.137. The van der Waals surface area contributed by atoms with E-state index in [1.54, 1.807) is 6.07 Å². The van der Waals surface area contributed by atoms with Crippen molar-refractivity contribution in [2.75, 3.05) is 0 Å². The summed E-state index contributed by atoms with van der Waals surface area (Å²) < 4.78 is 37.8. The summed E-state index contributed by atoms with van der Waals surface area (Å²) in [5, 5.41) is 10.2. The zero-order chi connectivity index (χ0) is 13.2. The molecular weight excluding hydrogens is 241 g/mol. The van der Waals surface area contributed by atoms with Crippen LogP contribution in [0.5, 0.6) is 0 Å². The molecule has 0 heterocycles. The molecule has 1 nitrogen and oxygen atoms in total. The molecule has 18 heavy (non-hydrogen) atoms. The van der Waals surface area contributed by atoms with Crippen LogP contribution in [-0.4, -0.2) is 5.11 Å². The molecular formula is C14H17F3O. The highest BCUT2D eigenvalue weighted by atomic mass is 19.4. The summed E-state index contributed by atoms with van der Waals surface area (Å²) >= 11 is 0. The molecule has 0 bridgehead atoms. The number of halogens is 3. The second-order valence-corrected chi connectivity index (χ2v) is 4.97. The standard InChI is InChI=1S/C14H17F3O/c15-14(16,17)12-8-4-7-11(9-12)13(18)10-5-2-1-3-6-10/h4,7-10,13,18H,1-3,5-6H2/t13-/m0/s1. The Morgan fingerprint density at radius 1 is 1.11 bits per heavy atom. The third-order valence-corrected chi connectivity index (χ3v) is 3.65. The van der Waals surface area contributed by atoms with Crippen LogP contribution in [0.4, 0.5) is 13.2 Å². The Hall–Kier alpha value is -1.03. The second-order valence-electron chi connectivity index (χ2n) is 4.97. The van der Waals surface area contributed by atoms with Gasteiger partial charge in [0.05, 0.1) is 11.7 Å². The molecule has 0 spiro atoms. The number of benzene rings is 1. The quantitative estimate of drug-likeness (QED) is 0.837. The fourth-order valence-corrected chi connectivity index (χ4v) is 2.62. The molecule has 1 fully saturated rings. The van der Waals surface area contributed by atoms with Gasteiger partial charge in [0.2, 0.25) is 0 Å². The maximum atomic E-state index is 12.6. The van der Waals surface area contributed by atoms with Crippen LogP contribution >= 0.6 is 0 Å². The number of aliphatic hydroxyl groups is 1. The first-order valence-electron chi connectivity index (χ1n) is 6.34. The zero-order valence-electron chi connectivity index (χ0n) is 10.1. The van der Waals surface area contributed by atoms with Crippen molar-refractivity contribution >= 4 is 0 Å². The molecule has 0 radical (unpaired) electrons. The summed E-state index contributed by atoms with van der Waals surface area (Å²) in [5.74, 6) is 0.0993. The van der Waals surface area contributed by atoms with Gasteiger partial charge in [-0.3, -0.25) is 0 Å². The average molecular weight is 258 g/mol. The van der Waals surface area contributed by atoms with E-state index in [9.17, 15) is 18.3 Å². The van der Waals surface area contributed by atoms with Crippen LogP contribution in [0.2, 0.25) is 0 Å². The molecule has 100 valence electrons. The largest absolute Gasteiger partial charge is 0.416 e. The van der Waals surface area contributed by atoms with Gasteiger partial charge in [-0.1, -0.05) is 31.4 Å². The van der Waals surface area contributed by atoms with Crippen LogP contribution < -0.4 is 0 Å². The maximum absolute atomic E-state index is 12.6. The second kappa shape index (κ2) is 5.31. The van der Waals surface area contributed by atoms with Gasteiger partial charge in [-0.25, -0.2) is 0 Å². The Kier molecular flexibility index (Phi) is 3.95. The van der Waals surface area contributed by atoms with Crippen molar-refractivity contribution in [3.63, 3.8) is 0 Å². The average Bonchev–Trinajstić information content (AvgIpc) is 2.38. The Balaban J connectivity index is 2.17. The summed E-state index contributed by atoms with van der Waals surface area (Å²) in [6.45, 7) is 0. The van der Waals surface area contributed by atoms with Gasteiger partial charge in [0, 0.05) is 0 Å². The van der Waals surface area contributed by atoms with E-state index < -0.39 is 17.8 Å². The van der Waals surface area contributed by atoms with E-state index in [-0.39, 0.29) is 5.92 Å². The molecule has 0 aliphatic heterocycles. The normalized spacial score (nSPS) is 19.8. The number of alkyl halides is 3. The molecule has 1 aromatic carbocycles. The van der Waals surface area contributed by atoms with Crippen molar-refractivity contribution in [3.8, 4) is 0 Å². The molecule has 1 aliphatic rings. The van der Waals surface area contributed by atoms with Gasteiger partial charge in [0.25, 0.3) is 0 Å². The SMILES string of the molecule is O[C@H](c1cccc(C(F)(F)F)c1)C1CCCCC1. The van der Waals surface area contributed by atoms with Crippen LogP contribution in [0, 0.1) is 5.92 Å². The molecule has 2 rings (SSSR count). The van der Waals surface area contributed by atoms with Gasteiger partial charge in [-0.05, 0) is 36.5 Å². The molecule has 0 unspecified atom stereocenters. The highest BCUT2D eigenvalue weighted by Crippen LogP contribution is 2.36. The Labute approximate surface area is 105 Å². The molecule has 0 saturated heterocycles. The van der Waals surface area contributed by atoms with Crippen molar-refractivity contribution in [2.45, 2.75) is 44.4 Å². The van der Waals surface area contributed by atoms with E-state index >= 15 is 0 Å². The van der Waals surface area contributed by atoms with Crippen LogP contribution in [-0.2, 0) is 6.18 Å². The Bertz CT molecular complexity index is 394. The smallest absolute Gasteiger partial charge is 0.388 e. The van der Waals surface area contributed by atoms with Crippen molar-refractivity contribution in [1.82, 2.24) is 0 Å². The van der Waals surface area contributed by atoms with Gasteiger partial charge in [-0.15, -0.1) is 0 Å². The summed E-state index contributed by atoms with van der Waals surface area (Å²) in [7, 11) is 0. The van der Waals surface area contributed by atoms with Gasteiger partial charge in [0.15, 0.2) is 0 Å². The Morgan fingerprint density at radius 3 is 2.39 bits per heavy atom. The van der Waals surface area contributed by atoms with Gasteiger partial charge >= 0.3 is 6.18 Å². The lowest BCUT2D eigenvalue weighted by Crippen LogP contribution is -2.16. The van der Waals surface area contributed by atoms with Crippen LogP contribution in [0.1, 0.15) is 49.3 Å². The zero-order valence-corrected chi connectivity index (χ0v) is 10.1. The number of hydrogen-bond donors (Lipinski definition) is 1.